The summed E-state index contributed by atoms with van der Waals surface area (Å²) in [5, 5.41) is 3.36. The van der Waals surface area contributed by atoms with Crippen LogP contribution < -0.4 is 5.32 Å². The van der Waals surface area contributed by atoms with E-state index in [9.17, 15) is 0 Å². The zero-order chi connectivity index (χ0) is 5.61. The van der Waals surface area contributed by atoms with E-state index in [1.54, 1.807) is 5.92 Å². The molecule has 2 fully saturated rings. The van der Waals surface area contributed by atoms with E-state index < -0.39 is 0 Å². The molecule has 0 bridgehead atoms. The first-order valence-electron chi connectivity index (χ1n) is 3.37. The molecule has 0 aromatic rings. The van der Waals surface area contributed by atoms with Crippen LogP contribution in [-0.2, 0) is 0 Å². The summed E-state index contributed by atoms with van der Waals surface area (Å²) in [6.45, 7) is 4.82. The highest BCUT2D eigenvalue weighted by Gasteiger charge is 2.51. The molecule has 0 aromatic heterocycles. The molecule has 1 aliphatic heterocycles. The Morgan fingerprint density at radius 2 is 2.50 bits per heavy atom. The van der Waals surface area contributed by atoms with Crippen molar-refractivity contribution in [1.29, 1.82) is 0 Å². The molecule has 1 saturated carbocycles. The van der Waals surface area contributed by atoms with Crippen LogP contribution in [0.25, 0.3) is 0 Å². The second-order valence-electron chi connectivity index (χ2n) is 3.27. The maximum atomic E-state index is 3.36. The molecule has 2 rings (SSSR count). The molecular weight excluding hydrogens is 98.1 g/mol. The molecule has 1 heterocycles. The molecule has 1 aliphatic carbocycles. The Bertz CT molecular complexity index is 109. The molecule has 0 amide bonds. The van der Waals surface area contributed by atoms with Gasteiger partial charge in [0.15, 0.2) is 0 Å². The highest BCUT2D eigenvalue weighted by atomic mass is 14.9. The molecule has 1 nitrogen and oxygen atoms in total. The monoisotopic (exact) mass is 110 g/mol. The van der Waals surface area contributed by atoms with Crippen molar-refractivity contribution in [2.45, 2.75) is 19.8 Å². The highest BCUT2D eigenvalue weighted by Crippen LogP contribution is 2.57. The summed E-state index contributed by atoms with van der Waals surface area (Å²) in [5.74, 6) is 1.75. The second-order valence-corrected chi connectivity index (χ2v) is 3.27. The Morgan fingerprint density at radius 3 is 3.00 bits per heavy atom. The summed E-state index contributed by atoms with van der Waals surface area (Å²) in [7, 11) is 0. The molecule has 1 unspecified atom stereocenters. The summed E-state index contributed by atoms with van der Waals surface area (Å²) >= 11 is 0. The predicted octanol–water partition coefficient (Wildman–Crippen LogP) is 0.964. The van der Waals surface area contributed by atoms with Crippen molar-refractivity contribution in [1.82, 2.24) is 5.32 Å². The first-order chi connectivity index (χ1) is 3.81. The van der Waals surface area contributed by atoms with Crippen LogP contribution in [0.15, 0.2) is 0 Å². The van der Waals surface area contributed by atoms with Gasteiger partial charge in [-0.3, -0.25) is 0 Å². The van der Waals surface area contributed by atoms with Crippen molar-refractivity contribution in [2.75, 3.05) is 13.1 Å². The van der Waals surface area contributed by atoms with Gasteiger partial charge >= 0.3 is 0 Å². The lowest BCUT2D eigenvalue weighted by atomic mass is 9.99. The maximum absolute atomic E-state index is 3.36. The molecule has 2 aliphatic rings. The number of hydrogen-bond acceptors (Lipinski definition) is 1. The minimum Gasteiger partial charge on any atom is -0.316 e. The fraction of sp³-hybridized carbons (Fsp3) is 0.857. The van der Waals surface area contributed by atoms with E-state index in [0.29, 0.717) is 5.41 Å². The molecule has 1 atom stereocenters. The Morgan fingerprint density at radius 1 is 1.62 bits per heavy atom. The van der Waals surface area contributed by atoms with E-state index in [1.807, 2.05) is 0 Å². The first-order valence-corrected chi connectivity index (χ1v) is 3.37. The van der Waals surface area contributed by atoms with E-state index in [4.69, 9.17) is 0 Å². The van der Waals surface area contributed by atoms with Gasteiger partial charge in [-0.2, -0.15) is 0 Å². The number of hydrogen-bond donors (Lipinski definition) is 1. The Kier molecular flexibility index (Phi) is 0.762. The zero-order valence-corrected chi connectivity index (χ0v) is 5.33. The Balaban J connectivity index is 2.04. The number of rotatable bonds is 0. The van der Waals surface area contributed by atoms with Crippen LogP contribution >= 0.6 is 0 Å². The third-order valence-electron chi connectivity index (χ3n) is 2.52. The molecular formula is C7H12N. The average molecular weight is 110 g/mol. The first kappa shape index (κ1) is 4.80. The molecule has 1 radical (unpaired) electrons. The summed E-state index contributed by atoms with van der Waals surface area (Å²) in [5.41, 5.74) is 0.700. The predicted molar refractivity (Wildman–Crippen MR) is 33.5 cm³/mol. The highest BCUT2D eigenvalue weighted by molar-refractivity contribution is 5.26. The Hall–Kier alpha value is -0.0400. The summed E-state index contributed by atoms with van der Waals surface area (Å²) < 4.78 is 0. The minimum atomic E-state index is 0.700. The fourth-order valence-corrected chi connectivity index (χ4v) is 1.57. The lowest BCUT2D eigenvalue weighted by Crippen LogP contribution is -2.26. The molecule has 0 aromatic carbocycles. The van der Waals surface area contributed by atoms with Crippen LogP contribution in [0, 0.1) is 11.3 Å². The maximum Gasteiger partial charge on any atom is 0.00193 e. The summed E-state index contributed by atoms with van der Waals surface area (Å²) in [4.78, 5) is 0. The lowest BCUT2D eigenvalue weighted by Gasteiger charge is -2.16. The van der Waals surface area contributed by atoms with Crippen LogP contribution in [0.5, 0.6) is 0 Å². The van der Waals surface area contributed by atoms with Gasteiger partial charge in [0.25, 0.3) is 0 Å². The van der Waals surface area contributed by atoms with Gasteiger partial charge in [0, 0.05) is 6.54 Å². The lowest BCUT2D eigenvalue weighted by molar-refractivity contribution is 0.456. The normalized spacial score (nSPS) is 46.1. The quantitative estimate of drug-likeness (QED) is 0.490. The van der Waals surface area contributed by atoms with E-state index in [2.05, 4.69) is 12.2 Å². The second kappa shape index (κ2) is 1.27. The van der Waals surface area contributed by atoms with Gasteiger partial charge in [0.05, 0.1) is 0 Å². The van der Waals surface area contributed by atoms with Crippen LogP contribution in [0.4, 0.5) is 0 Å². The number of piperidine rings is 1. The van der Waals surface area contributed by atoms with Crippen LogP contribution in [0.3, 0.4) is 0 Å². The third-order valence-corrected chi connectivity index (χ3v) is 2.52. The van der Waals surface area contributed by atoms with Gasteiger partial charge in [-0.1, -0.05) is 6.92 Å². The van der Waals surface area contributed by atoms with Crippen molar-refractivity contribution in [3.8, 4) is 0 Å². The average Bonchev–Trinajstić information content (AvgIpc) is 2.39. The SMILES string of the molecule is CC12CCNC[C]1C2. The topological polar surface area (TPSA) is 12.0 Å². The van der Waals surface area contributed by atoms with Crippen molar-refractivity contribution < 1.29 is 0 Å². The molecule has 1 saturated heterocycles. The molecule has 1 heteroatoms. The largest absolute Gasteiger partial charge is 0.316 e. The summed E-state index contributed by atoms with van der Waals surface area (Å²) in [6.07, 6.45) is 2.78. The van der Waals surface area contributed by atoms with E-state index >= 15 is 0 Å². The van der Waals surface area contributed by atoms with Crippen molar-refractivity contribution in [3.63, 3.8) is 0 Å². The smallest absolute Gasteiger partial charge is 0.00193 e. The van der Waals surface area contributed by atoms with Crippen LogP contribution in [0.1, 0.15) is 19.8 Å². The van der Waals surface area contributed by atoms with Crippen LogP contribution in [0.2, 0.25) is 0 Å². The fourth-order valence-electron chi connectivity index (χ4n) is 1.57. The molecule has 8 heavy (non-hydrogen) atoms. The van der Waals surface area contributed by atoms with Gasteiger partial charge in [0.1, 0.15) is 0 Å². The minimum absolute atomic E-state index is 0.700. The van der Waals surface area contributed by atoms with Gasteiger partial charge in [-0.15, -0.1) is 0 Å². The van der Waals surface area contributed by atoms with Crippen molar-refractivity contribution >= 4 is 0 Å². The van der Waals surface area contributed by atoms with Crippen LogP contribution in [-0.4, -0.2) is 13.1 Å². The third kappa shape index (κ3) is 0.510. The van der Waals surface area contributed by atoms with Gasteiger partial charge in [-0.25, -0.2) is 0 Å². The van der Waals surface area contributed by atoms with Crippen molar-refractivity contribution in [3.05, 3.63) is 5.92 Å². The van der Waals surface area contributed by atoms with E-state index in [-0.39, 0.29) is 0 Å². The standard InChI is InChI=1S/C7H12N/c1-7-2-3-8-5-6(7)4-7/h8H,2-5H2,1H3. The van der Waals surface area contributed by atoms with Gasteiger partial charge in [-0.05, 0) is 30.7 Å². The van der Waals surface area contributed by atoms with E-state index in [1.165, 1.54) is 25.9 Å². The molecule has 0 spiro atoms. The summed E-state index contributed by atoms with van der Waals surface area (Å²) in [6, 6.07) is 0. The Labute approximate surface area is 50.5 Å². The zero-order valence-electron chi connectivity index (χ0n) is 5.33. The van der Waals surface area contributed by atoms with Gasteiger partial charge < -0.3 is 5.32 Å². The van der Waals surface area contributed by atoms with E-state index in [0.717, 1.165) is 0 Å². The number of nitrogens with one attached hydrogen (secondary N) is 1. The molecule has 1 N–H and O–H groups in total. The number of fused-ring (bicyclic) bond motifs is 1. The van der Waals surface area contributed by atoms with Crippen molar-refractivity contribution in [2.24, 2.45) is 5.41 Å². The molecule has 45 valence electrons. The van der Waals surface area contributed by atoms with Gasteiger partial charge in [0.2, 0.25) is 0 Å².